The van der Waals surface area contributed by atoms with E-state index in [4.69, 9.17) is 20.4 Å². The molecule has 0 aliphatic heterocycles. The molecule has 6 aromatic rings. The highest BCUT2D eigenvalue weighted by Crippen LogP contribution is 2.46. The van der Waals surface area contributed by atoms with Crippen LogP contribution in [0.15, 0.2) is 72.8 Å². The summed E-state index contributed by atoms with van der Waals surface area (Å²) in [5.41, 5.74) is 7.51. The van der Waals surface area contributed by atoms with E-state index in [9.17, 15) is 10.2 Å². The maximum Gasteiger partial charge on any atom is 0.146 e. The van der Waals surface area contributed by atoms with Crippen LogP contribution in [0.5, 0.6) is 11.5 Å². The largest absolute Gasteiger partial charge is 0.505 e. The lowest BCUT2D eigenvalue weighted by Crippen LogP contribution is -2.24. The first-order valence-electron chi connectivity index (χ1n) is 17.4. The first kappa shape index (κ1) is 34.2. The van der Waals surface area contributed by atoms with Crippen molar-refractivity contribution in [2.45, 2.75) is 87.5 Å². The van der Waals surface area contributed by atoms with Crippen LogP contribution in [0.25, 0.3) is 33.4 Å². The van der Waals surface area contributed by atoms with Crippen molar-refractivity contribution in [1.29, 1.82) is 0 Å². The monoisotopic (exact) mass is 658 g/mol. The van der Waals surface area contributed by atoms with E-state index in [1.165, 1.54) is 0 Å². The summed E-state index contributed by atoms with van der Waals surface area (Å²) in [5, 5.41) is 43.1. The van der Waals surface area contributed by atoms with E-state index in [-0.39, 0.29) is 40.6 Å². The Bertz CT molecular complexity index is 1910. The van der Waals surface area contributed by atoms with Gasteiger partial charge in [0.15, 0.2) is 0 Å². The first-order chi connectivity index (χ1) is 23.0. The highest BCUT2D eigenvalue weighted by atomic mass is 16.3. The predicted molar refractivity (Wildman–Crippen MR) is 198 cm³/mol. The van der Waals surface area contributed by atoms with Gasteiger partial charge in [-0.3, -0.25) is 0 Å². The maximum atomic E-state index is 12.0. The SMILES string of the molecule is CC(C)C(c1cc(Cc2cc(C(C(C)C)C(C)(C)C)cc(-n3nc4ccccc4n3)c2O)c(O)c(-n2nc3ccccc3n2)c1)C(C)(C)C. The average Bonchev–Trinajstić information content (AvgIpc) is 3.63. The Balaban J connectivity index is 1.58. The Morgan fingerprint density at radius 2 is 0.837 bits per heavy atom. The summed E-state index contributed by atoms with van der Waals surface area (Å²) >= 11 is 0. The highest BCUT2D eigenvalue weighted by Gasteiger charge is 2.33. The molecule has 0 radical (unpaired) electrons. The van der Waals surface area contributed by atoms with Crippen LogP contribution >= 0.6 is 0 Å². The van der Waals surface area contributed by atoms with Gasteiger partial charge in [-0.1, -0.05) is 106 Å². The first-order valence-corrected chi connectivity index (χ1v) is 17.4. The molecule has 49 heavy (non-hydrogen) atoms. The minimum absolute atomic E-state index is 0.0534. The molecule has 2 atom stereocenters. The lowest BCUT2D eigenvalue weighted by atomic mass is 9.70. The molecule has 0 spiro atoms. The Hall–Kier alpha value is -4.72. The summed E-state index contributed by atoms with van der Waals surface area (Å²) in [5.74, 6) is 1.20. The van der Waals surface area contributed by atoms with Crippen LogP contribution in [0, 0.1) is 22.7 Å². The summed E-state index contributed by atoms with van der Waals surface area (Å²) in [6, 6.07) is 23.7. The van der Waals surface area contributed by atoms with E-state index in [1.54, 1.807) is 9.59 Å². The third-order valence-electron chi connectivity index (χ3n) is 9.68. The molecule has 0 bridgehead atoms. The Kier molecular flexibility index (Phi) is 8.80. The van der Waals surface area contributed by atoms with Crippen LogP contribution in [0.3, 0.4) is 0 Å². The molecule has 2 aromatic heterocycles. The van der Waals surface area contributed by atoms with Gasteiger partial charge in [-0.15, -0.1) is 30.0 Å². The minimum Gasteiger partial charge on any atom is -0.505 e. The second kappa shape index (κ2) is 12.6. The number of benzene rings is 4. The number of nitrogens with zero attached hydrogens (tertiary/aromatic N) is 6. The smallest absolute Gasteiger partial charge is 0.146 e. The average molecular weight is 659 g/mol. The third kappa shape index (κ3) is 6.65. The molecule has 8 heteroatoms. The van der Waals surface area contributed by atoms with Crippen molar-refractivity contribution in [3.63, 3.8) is 0 Å². The lowest BCUT2D eigenvalue weighted by molar-refractivity contribution is 0.258. The van der Waals surface area contributed by atoms with Crippen LogP contribution in [0.1, 0.15) is 103 Å². The van der Waals surface area contributed by atoms with E-state index >= 15 is 0 Å². The molecule has 0 fully saturated rings. The Morgan fingerprint density at radius 1 is 0.531 bits per heavy atom. The summed E-state index contributed by atoms with van der Waals surface area (Å²) in [7, 11) is 0. The fraction of sp³-hybridized carbons (Fsp3) is 0.415. The van der Waals surface area contributed by atoms with Gasteiger partial charge in [-0.05, 0) is 82.0 Å². The zero-order chi connectivity index (χ0) is 35.4. The fourth-order valence-electron chi connectivity index (χ4n) is 8.25. The van der Waals surface area contributed by atoms with Gasteiger partial charge in [0.1, 0.15) is 44.9 Å². The van der Waals surface area contributed by atoms with E-state index in [2.05, 4.69) is 81.4 Å². The van der Waals surface area contributed by atoms with Crippen LogP contribution in [0.4, 0.5) is 0 Å². The van der Waals surface area contributed by atoms with Crippen LogP contribution < -0.4 is 0 Å². The van der Waals surface area contributed by atoms with Crippen molar-refractivity contribution in [2.75, 3.05) is 0 Å². The quantitative estimate of drug-likeness (QED) is 0.169. The van der Waals surface area contributed by atoms with Crippen LogP contribution in [-0.4, -0.2) is 40.2 Å². The lowest BCUT2D eigenvalue weighted by Gasteiger charge is -2.35. The molecule has 2 N–H and O–H groups in total. The Morgan fingerprint density at radius 3 is 1.10 bits per heavy atom. The molecule has 2 unspecified atom stereocenters. The molecule has 0 saturated heterocycles. The second-order valence-electron chi connectivity index (χ2n) is 16.4. The zero-order valence-electron chi connectivity index (χ0n) is 30.5. The predicted octanol–water partition coefficient (Wildman–Crippen LogP) is 9.73. The normalized spacial score (nSPS) is 14.0. The standard InChI is InChI=1S/C41H50N6O2/c1-24(2)36(40(5,6)7)26-19-28(38(48)34(22-26)46-42-30-15-11-12-16-31(30)43-46)21-29-20-27(37(25(3)4)41(8,9)10)23-35(39(29)49)47-44-32-17-13-14-18-33(32)45-47/h11-20,22-25,36-37,48-49H,21H2,1-10H3. The van der Waals surface area contributed by atoms with Gasteiger partial charge in [0, 0.05) is 17.5 Å². The number of aromatic hydroxyl groups is 2. The number of phenolic OH excluding ortho intramolecular Hbond substituents is 2. The third-order valence-corrected chi connectivity index (χ3v) is 9.68. The van der Waals surface area contributed by atoms with Crippen molar-refractivity contribution in [3.8, 4) is 22.9 Å². The van der Waals surface area contributed by atoms with Crippen molar-refractivity contribution in [3.05, 3.63) is 95.1 Å². The van der Waals surface area contributed by atoms with Crippen molar-refractivity contribution >= 4 is 22.1 Å². The number of fused-ring (bicyclic) bond motifs is 2. The van der Waals surface area contributed by atoms with Crippen molar-refractivity contribution < 1.29 is 10.2 Å². The molecule has 0 aliphatic carbocycles. The molecule has 6 rings (SSSR count). The molecule has 2 heterocycles. The summed E-state index contributed by atoms with van der Waals surface area (Å²) in [6.07, 6.45) is 0.283. The number of aromatic nitrogens is 6. The molecule has 0 amide bonds. The van der Waals surface area contributed by atoms with Gasteiger partial charge in [0.25, 0.3) is 0 Å². The molecular formula is C41H50N6O2. The molecular weight excluding hydrogens is 608 g/mol. The van der Waals surface area contributed by atoms with Gasteiger partial charge in [-0.2, -0.15) is 0 Å². The van der Waals surface area contributed by atoms with Crippen LogP contribution in [-0.2, 0) is 6.42 Å². The zero-order valence-corrected chi connectivity index (χ0v) is 30.5. The van der Waals surface area contributed by atoms with Crippen LogP contribution in [0.2, 0.25) is 0 Å². The van der Waals surface area contributed by atoms with Crippen molar-refractivity contribution in [2.24, 2.45) is 22.7 Å². The van der Waals surface area contributed by atoms with E-state index in [0.29, 0.717) is 34.3 Å². The van der Waals surface area contributed by atoms with Gasteiger partial charge >= 0.3 is 0 Å². The summed E-state index contributed by atoms with van der Waals surface area (Å²) < 4.78 is 0. The van der Waals surface area contributed by atoms with Gasteiger partial charge in [-0.25, -0.2) is 0 Å². The molecule has 0 saturated carbocycles. The van der Waals surface area contributed by atoms with E-state index < -0.39 is 0 Å². The summed E-state index contributed by atoms with van der Waals surface area (Å²) in [6.45, 7) is 22.5. The van der Waals surface area contributed by atoms with Gasteiger partial charge in [0.2, 0.25) is 0 Å². The molecule has 0 aliphatic rings. The second-order valence-corrected chi connectivity index (χ2v) is 16.4. The Labute approximate surface area is 289 Å². The summed E-state index contributed by atoms with van der Waals surface area (Å²) in [4.78, 5) is 3.09. The number of phenols is 2. The number of hydrogen-bond acceptors (Lipinski definition) is 6. The van der Waals surface area contributed by atoms with E-state index in [0.717, 1.165) is 33.2 Å². The van der Waals surface area contributed by atoms with Gasteiger partial charge < -0.3 is 10.2 Å². The molecule has 4 aromatic carbocycles. The van der Waals surface area contributed by atoms with E-state index in [1.807, 2.05) is 60.7 Å². The van der Waals surface area contributed by atoms with Crippen molar-refractivity contribution in [1.82, 2.24) is 30.0 Å². The maximum absolute atomic E-state index is 12.0. The van der Waals surface area contributed by atoms with Gasteiger partial charge in [0.05, 0.1) is 0 Å². The topological polar surface area (TPSA) is 102 Å². The fourth-order valence-corrected chi connectivity index (χ4v) is 8.25. The molecule has 256 valence electrons. The number of hydrogen-bond donors (Lipinski definition) is 2. The molecule has 8 nitrogen and oxygen atoms in total. The number of rotatable bonds is 8. The highest BCUT2D eigenvalue weighted by molar-refractivity contribution is 5.75. The minimum atomic E-state index is -0.0534.